The molecular weight excluding hydrogens is 460 g/mol. The minimum Gasteiger partial charge on any atom is -0.371 e. The van der Waals surface area contributed by atoms with E-state index in [2.05, 4.69) is 10.1 Å². The third-order valence-electron chi connectivity index (χ3n) is 5.29. The van der Waals surface area contributed by atoms with Crippen molar-refractivity contribution in [3.63, 3.8) is 0 Å². The number of pyridine rings is 1. The summed E-state index contributed by atoms with van der Waals surface area (Å²) < 4.78 is 8.87. The van der Waals surface area contributed by atoms with Gasteiger partial charge in [-0.1, -0.05) is 54.1 Å². The number of fused-ring (bicyclic) bond motifs is 1. The lowest BCUT2D eigenvalue weighted by molar-refractivity contribution is 0.103. The van der Waals surface area contributed by atoms with Crippen molar-refractivity contribution in [3.05, 3.63) is 114 Å². The van der Waals surface area contributed by atoms with E-state index in [1.54, 1.807) is 35.0 Å². The average molecular weight is 479 g/mol. The summed E-state index contributed by atoms with van der Waals surface area (Å²) in [5.41, 5.74) is 1.89. The molecule has 0 saturated carbocycles. The second kappa shape index (κ2) is 9.19. The van der Waals surface area contributed by atoms with Gasteiger partial charge in [-0.25, -0.2) is 9.67 Å². The van der Waals surface area contributed by atoms with Gasteiger partial charge in [0.1, 0.15) is 5.01 Å². The number of nitrogens with one attached hydrogen (secondary N) is 1. The molecule has 2 aromatic carbocycles. The van der Waals surface area contributed by atoms with Crippen LogP contribution in [0.4, 0.5) is 0 Å². The van der Waals surface area contributed by atoms with Gasteiger partial charge >= 0.3 is 0 Å². The Balaban J connectivity index is 1.63. The van der Waals surface area contributed by atoms with Crippen LogP contribution in [0.2, 0.25) is 5.02 Å². The zero-order valence-electron chi connectivity index (χ0n) is 17.4. The van der Waals surface area contributed by atoms with Crippen LogP contribution in [-0.4, -0.2) is 19.3 Å². The predicted octanol–water partition coefficient (Wildman–Crippen LogP) is 4.36. The molecule has 33 heavy (non-hydrogen) atoms. The lowest BCUT2D eigenvalue weighted by Gasteiger charge is -2.13. The van der Waals surface area contributed by atoms with Crippen molar-refractivity contribution in [1.29, 1.82) is 0 Å². The summed E-state index contributed by atoms with van der Waals surface area (Å²) in [6.07, 6.45) is 1.69. The largest absolute Gasteiger partial charge is 0.371 e. The fourth-order valence-corrected chi connectivity index (χ4v) is 4.56. The molecule has 3 heterocycles. The summed E-state index contributed by atoms with van der Waals surface area (Å²) >= 11 is 7.78. The van der Waals surface area contributed by atoms with E-state index in [0.29, 0.717) is 33.9 Å². The van der Waals surface area contributed by atoms with E-state index in [-0.39, 0.29) is 24.3 Å². The standard InChI is InChI=1S/C24H19ClN4O3S/c25-17-8-4-5-9-19(17)29-24(31)23-18(27-29)12-22(30)28(13-21-26-10-11-33-21)20(23)15-32-14-16-6-2-1-3-7-16/h1-12,27H,13-15H2. The number of hydrogen-bond donors (Lipinski definition) is 1. The summed E-state index contributed by atoms with van der Waals surface area (Å²) in [5.74, 6) is 0. The van der Waals surface area contributed by atoms with Crippen molar-refractivity contribution < 1.29 is 4.74 Å². The number of halogens is 1. The number of thiazole rings is 1. The molecule has 0 aliphatic carbocycles. The molecule has 0 unspecified atom stereocenters. The van der Waals surface area contributed by atoms with Crippen LogP contribution in [0.1, 0.15) is 16.3 Å². The molecule has 0 fully saturated rings. The number of nitrogens with zero attached hydrogens (tertiary/aromatic N) is 3. The number of rotatable bonds is 7. The quantitative estimate of drug-likeness (QED) is 0.377. The lowest BCUT2D eigenvalue weighted by Crippen LogP contribution is -2.26. The van der Waals surface area contributed by atoms with Gasteiger partial charge < -0.3 is 9.30 Å². The number of aromatic nitrogens is 4. The molecule has 166 valence electrons. The maximum Gasteiger partial charge on any atom is 0.281 e. The molecule has 0 aliphatic heterocycles. The molecule has 9 heteroatoms. The van der Waals surface area contributed by atoms with Gasteiger partial charge in [-0.05, 0) is 17.7 Å². The third kappa shape index (κ3) is 4.28. The second-order valence-electron chi connectivity index (χ2n) is 7.41. The topological polar surface area (TPSA) is 81.9 Å². The van der Waals surface area contributed by atoms with Crippen LogP contribution in [0.25, 0.3) is 16.6 Å². The van der Waals surface area contributed by atoms with Crippen molar-refractivity contribution in [2.24, 2.45) is 0 Å². The summed E-state index contributed by atoms with van der Waals surface area (Å²) in [6, 6.07) is 18.2. The molecule has 1 N–H and O–H groups in total. The first kappa shape index (κ1) is 21.4. The van der Waals surface area contributed by atoms with E-state index >= 15 is 0 Å². The smallest absolute Gasteiger partial charge is 0.281 e. The van der Waals surface area contributed by atoms with Crippen molar-refractivity contribution in [2.45, 2.75) is 19.8 Å². The molecule has 0 atom stereocenters. The number of para-hydroxylation sites is 1. The Bertz CT molecular complexity index is 1520. The number of ether oxygens (including phenoxy) is 1. The minimum absolute atomic E-state index is 0.0858. The molecule has 7 nitrogen and oxygen atoms in total. The maximum absolute atomic E-state index is 13.5. The van der Waals surface area contributed by atoms with Crippen molar-refractivity contribution in [1.82, 2.24) is 19.3 Å². The highest BCUT2D eigenvalue weighted by atomic mass is 35.5. The summed E-state index contributed by atoms with van der Waals surface area (Å²) in [6.45, 7) is 0.696. The molecule has 5 aromatic rings. The maximum atomic E-state index is 13.5. The Hall–Kier alpha value is -3.46. The van der Waals surface area contributed by atoms with Gasteiger partial charge in [0, 0.05) is 17.6 Å². The van der Waals surface area contributed by atoms with Crippen LogP contribution in [0.15, 0.2) is 81.8 Å². The van der Waals surface area contributed by atoms with Crippen LogP contribution >= 0.6 is 22.9 Å². The number of aromatic amines is 1. The Kier molecular flexibility index (Phi) is 5.95. The predicted molar refractivity (Wildman–Crippen MR) is 129 cm³/mol. The molecule has 0 radical (unpaired) electrons. The first-order valence-corrected chi connectivity index (χ1v) is 11.5. The summed E-state index contributed by atoms with van der Waals surface area (Å²) in [5, 5.41) is 6.46. The fraction of sp³-hybridized carbons (Fsp3) is 0.125. The summed E-state index contributed by atoms with van der Waals surface area (Å²) in [4.78, 5) is 30.9. The highest BCUT2D eigenvalue weighted by Crippen LogP contribution is 2.21. The Morgan fingerprint density at radius 1 is 1.03 bits per heavy atom. The zero-order chi connectivity index (χ0) is 22.8. The molecule has 0 bridgehead atoms. The molecule has 5 rings (SSSR count). The van der Waals surface area contributed by atoms with Gasteiger partial charge in [0.2, 0.25) is 0 Å². The van der Waals surface area contributed by atoms with Crippen LogP contribution < -0.4 is 11.1 Å². The van der Waals surface area contributed by atoms with Gasteiger partial charge in [-0.2, -0.15) is 0 Å². The first-order chi connectivity index (χ1) is 16.1. The molecule has 0 aliphatic rings. The highest BCUT2D eigenvalue weighted by Gasteiger charge is 2.19. The van der Waals surface area contributed by atoms with Crippen LogP contribution in [-0.2, 0) is 24.5 Å². The van der Waals surface area contributed by atoms with Gasteiger partial charge in [-0.15, -0.1) is 11.3 Å². The van der Waals surface area contributed by atoms with Crippen LogP contribution in [0.3, 0.4) is 0 Å². The third-order valence-corrected chi connectivity index (χ3v) is 6.37. The fourth-order valence-electron chi connectivity index (χ4n) is 3.74. The van der Waals surface area contributed by atoms with Crippen LogP contribution in [0, 0.1) is 0 Å². The molecule has 0 spiro atoms. The van der Waals surface area contributed by atoms with E-state index in [0.717, 1.165) is 10.6 Å². The first-order valence-electron chi connectivity index (χ1n) is 10.2. The van der Waals surface area contributed by atoms with Crippen molar-refractivity contribution >= 4 is 33.8 Å². The zero-order valence-corrected chi connectivity index (χ0v) is 19.0. The highest BCUT2D eigenvalue weighted by molar-refractivity contribution is 7.09. The molecule has 3 aromatic heterocycles. The van der Waals surface area contributed by atoms with E-state index in [1.165, 1.54) is 22.1 Å². The number of hydrogen-bond acceptors (Lipinski definition) is 5. The summed E-state index contributed by atoms with van der Waals surface area (Å²) in [7, 11) is 0. The van der Waals surface area contributed by atoms with Gasteiger partial charge in [0.25, 0.3) is 11.1 Å². The van der Waals surface area contributed by atoms with Gasteiger partial charge in [0.05, 0.1) is 47.1 Å². The van der Waals surface area contributed by atoms with E-state index in [9.17, 15) is 9.59 Å². The lowest BCUT2D eigenvalue weighted by atomic mass is 10.2. The van der Waals surface area contributed by atoms with E-state index in [1.807, 2.05) is 35.7 Å². The van der Waals surface area contributed by atoms with Gasteiger partial charge in [-0.3, -0.25) is 14.7 Å². The minimum atomic E-state index is -0.302. The number of benzene rings is 2. The Morgan fingerprint density at radius 2 is 1.82 bits per heavy atom. The molecular formula is C24H19ClN4O3S. The number of H-pyrrole nitrogens is 1. The SMILES string of the molecule is O=c1c2c(COCc3ccccc3)n(Cc3nccs3)c(=O)cc2[nH]n1-c1ccccc1Cl. The monoisotopic (exact) mass is 478 g/mol. The average Bonchev–Trinajstić information content (AvgIpc) is 3.45. The van der Waals surface area contributed by atoms with Crippen LogP contribution in [0.5, 0.6) is 0 Å². The molecule has 0 saturated heterocycles. The normalized spacial score (nSPS) is 11.3. The van der Waals surface area contributed by atoms with Gasteiger partial charge in [0.15, 0.2) is 0 Å². The van der Waals surface area contributed by atoms with Crippen molar-refractivity contribution in [2.75, 3.05) is 0 Å². The second-order valence-corrected chi connectivity index (χ2v) is 8.80. The molecule has 0 amide bonds. The van der Waals surface area contributed by atoms with E-state index < -0.39 is 0 Å². The Morgan fingerprint density at radius 3 is 2.58 bits per heavy atom. The Labute approximate surface area is 197 Å². The van der Waals surface area contributed by atoms with Crippen molar-refractivity contribution in [3.8, 4) is 5.69 Å². The van der Waals surface area contributed by atoms with E-state index in [4.69, 9.17) is 16.3 Å².